The third-order valence-electron chi connectivity index (χ3n) is 1.52. The molecule has 0 spiro atoms. The van der Waals surface area contributed by atoms with Crippen molar-refractivity contribution in [1.82, 2.24) is 0 Å². The molecule has 1 unspecified atom stereocenters. The molecule has 84 valence electrons. The van der Waals surface area contributed by atoms with E-state index in [0.29, 0.717) is 5.75 Å². The summed E-state index contributed by atoms with van der Waals surface area (Å²) in [5.74, 6) is -0.443. The van der Waals surface area contributed by atoms with Crippen LogP contribution in [0.25, 0.3) is 0 Å². The van der Waals surface area contributed by atoms with E-state index in [0.717, 1.165) is 0 Å². The van der Waals surface area contributed by atoms with Crippen LogP contribution in [-0.2, 0) is 26.4 Å². The first-order valence-corrected chi connectivity index (χ1v) is 5.68. The molecule has 0 amide bonds. The van der Waals surface area contributed by atoms with E-state index in [1.54, 1.807) is 24.3 Å². The van der Waals surface area contributed by atoms with Crippen LogP contribution in [0.4, 0.5) is 0 Å². The van der Waals surface area contributed by atoms with Gasteiger partial charge in [-0.3, -0.25) is 9.36 Å². The fourth-order valence-corrected chi connectivity index (χ4v) is 1.80. The number of carbonyl (C=O) groups is 1. The van der Waals surface area contributed by atoms with Gasteiger partial charge in [-0.15, -0.1) is 0 Å². The topological polar surface area (TPSA) is 63.6 Å². The number of benzene rings is 1. The van der Waals surface area contributed by atoms with Gasteiger partial charge in [0, 0.05) is 23.2 Å². The Morgan fingerprint density at radius 1 is 1.33 bits per heavy atom. The smallest absolute Gasteiger partial charge is 0.303 e. The summed E-state index contributed by atoms with van der Waals surface area (Å²) in [5, 5.41) is 8.35. The van der Waals surface area contributed by atoms with E-state index in [-0.39, 0.29) is 29.7 Å². The van der Waals surface area contributed by atoms with Crippen molar-refractivity contribution in [2.24, 2.45) is 0 Å². The van der Waals surface area contributed by atoms with Crippen molar-refractivity contribution < 1.29 is 36.1 Å². The number of aliphatic carboxylic acids is 1. The molecule has 0 fully saturated rings. The van der Waals surface area contributed by atoms with E-state index in [1.165, 1.54) is 0 Å². The molecule has 0 aliphatic rings. The predicted octanol–water partition coefficient (Wildman–Crippen LogP) is 2.01. The van der Waals surface area contributed by atoms with Gasteiger partial charge in [0.25, 0.3) is 0 Å². The van der Waals surface area contributed by atoms with Crippen molar-refractivity contribution in [3.8, 4) is 5.75 Å². The minimum Gasteiger partial charge on any atom is -0.481 e. The van der Waals surface area contributed by atoms with Gasteiger partial charge in [0.1, 0.15) is 5.75 Å². The first-order valence-electron chi connectivity index (χ1n) is 4.16. The van der Waals surface area contributed by atoms with Crippen molar-refractivity contribution in [3.63, 3.8) is 0 Å². The molecule has 1 aromatic rings. The summed E-state index contributed by atoms with van der Waals surface area (Å²) in [7, 11) is -2.27. The van der Waals surface area contributed by atoms with Crippen LogP contribution in [-0.4, -0.2) is 17.2 Å². The Morgan fingerprint density at radius 3 is 2.47 bits per heavy atom. The monoisotopic (exact) mass is 270 g/mol. The van der Waals surface area contributed by atoms with Gasteiger partial charge in [0.05, 0.1) is 6.42 Å². The quantitative estimate of drug-likeness (QED) is 0.656. The number of para-hydroxylation sites is 1. The van der Waals surface area contributed by atoms with Gasteiger partial charge < -0.3 is 9.63 Å². The second kappa shape index (κ2) is 7.52. The first kappa shape index (κ1) is 14.2. The molecule has 0 radical (unpaired) electrons. The first-order chi connectivity index (χ1) is 6.68. The molecule has 1 rings (SSSR count). The van der Waals surface area contributed by atoms with E-state index >= 15 is 0 Å². The molecule has 1 aromatic carbocycles. The van der Waals surface area contributed by atoms with Crippen LogP contribution in [0.5, 0.6) is 5.75 Å². The zero-order chi connectivity index (χ0) is 10.4. The Kier molecular flexibility index (Phi) is 7.14. The third-order valence-corrected chi connectivity index (χ3v) is 2.64. The molecule has 0 bridgehead atoms. The summed E-state index contributed by atoms with van der Waals surface area (Å²) in [4.78, 5) is 10.2. The fourth-order valence-electron chi connectivity index (χ4n) is 0.880. The zero-order valence-electron chi connectivity index (χ0n) is 7.83. The fraction of sp³-hybridized carbons (Fsp3) is 0.222. The second-order valence-corrected chi connectivity index (χ2v) is 4.13. The minimum absolute atomic E-state index is 0. The predicted molar refractivity (Wildman–Crippen MR) is 53.2 cm³/mol. The molecule has 0 saturated carbocycles. The number of carboxylic acids is 1. The molecule has 1 atom stereocenters. The van der Waals surface area contributed by atoms with Crippen molar-refractivity contribution in [3.05, 3.63) is 30.3 Å². The Hall–Kier alpha value is -0.761. The number of carboxylic acid groups (broad SMARTS) is 1. The SMILES string of the molecule is O=C(O)CC[PH](=O)Oc1ccccc1.[Fe]. The maximum atomic E-state index is 11.2. The van der Waals surface area contributed by atoms with Crippen LogP contribution < -0.4 is 4.52 Å². The summed E-state index contributed by atoms with van der Waals surface area (Å²) in [6.07, 6.45) is -0.0421. The van der Waals surface area contributed by atoms with Crippen molar-refractivity contribution in [1.29, 1.82) is 0 Å². The third kappa shape index (κ3) is 6.34. The van der Waals surface area contributed by atoms with Crippen molar-refractivity contribution in [2.75, 3.05) is 6.16 Å². The van der Waals surface area contributed by atoms with E-state index < -0.39 is 14.0 Å². The number of rotatable bonds is 5. The second-order valence-electron chi connectivity index (χ2n) is 2.68. The molecule has 4 nitrogen and oxygen atoms in total. The van der Waals surface area contributed by atoms with Crippen LogP contribution in [0.3, 0.4) is 0 Å². The average molecular weight is 270 g/mol. The zero-order valence-corrected chi connectivity index (χ0v) is 9.93. The Balaban J connectivity index is 0.00000196. The Labute approximate surface area is 99.0 Å². The maximum absolute atomic E-state index is 11.2. The van der Waals surface area contributed by atoms with Crippen LogP contribution in [0.2, 0.25) is 0 Å². The Bertz CT molecular complexity index is 328. The number of hydrogen-bond donors (Lipinski definition) is 1. The van der Waals surface area contributed by atoms with Gasteiger partial charge >= 0.3 is 5.97 Å². The van der Waals surface area contributed by atoms with Crippen LogP contribution in [0.1, 0.15) is 6.42 Å². The number of hydrogen-bond acceptors (Lipinski definition) is 3. The minimum atomic E-state index is -2.27. The van der Waals surface area contributed by atoms with E-state index in [4.69, 9.17) is 9.63 Å². The van der Waals surface area contributed by atoms with E-state index in [2.05, 4.69) is 0 Å². The van der Waals surface area contributed by atoms with Crippen molar-refractivity contribution >= 4 is 14.0 Å². The van der Waals surface area contributed by atoms with Gasteiger partial charge in [-0.05, 0) is 12.1 Å². The van der Waals surface area contributed by atoms with Gasteiger partial charge in [-0.25, -0.2) is 0 Å². The molecule has 15 heavy (non-hydrogen) atoms. The largest absolute Gasteiger partial charge is 0.481 e. The Morgan fingerprint density at radius 2 is 1.93 bits per heavy atom. The summed E-state index contributed by atoms with van der Waals surface area (Å²) in [6.45, 7) is 0. The molecular weight excluding hydrogens is 259 g/mol. The van der Waals surface area contributed by atoms with Crippen LogP contribution >= 0.6 is 8.03 Å². The molecule has 6 heteroatoms. The summed E-state index contributed by atoms with van der Waals surface area (Å²) < 4.78 is 16.3. The van der Waals surface area contributed by atoms with Crippen LogP contribution in [0.15, 0.2) is 30.3 Å². The molecular formula is C9H11FeO4P. The van der Waals surface area contributed by atoms with Crippen molar-refractivity contribution in [2.45, 2.75) is 6.42 Å². The van der Waals surface area contributed by atoms with E-state index in [1.807, 2.05) is 6.07 Å². The van der Waals surface area contributed by atoms with Gasteiger partial charge in [0.15, 0.2) is 0 Å². The molecule has 0 heterocycles. The van der Waals surface area contributed by atoms with E-state index in [9.17, 15) is 9.36 Å². The summed E-state index contributed by atoms with van der Waals surface area (Å²) in [5.41, 5.74) is 0. The molecule has 0 saturated heterocycles. The maximum Gasteiger partial charge on any atom is 0.303 e. The molecule has 0 aromatic heterocycles. The average Bonchev–Trinajstić information content (AvgIpc) is 2.16. The summed E-state index contributed by atoms with van der Waals surface area (Å²) >= 11 is 0. The normalized spacial score (nSPS) is 11.2. The van der Waals surface area contributed by atoms with Crippen LogP contribution in [0, 0.1) is 0 Å². The van der Waals surface area contributed by atoms with Gasteiger partial charge in [-0.2, -0.15) is 0 Å². The van der Waals surface area contributed by atoms with Gasteiger partial charge in [-0.1, -0.05) is 18.2 Å². The molecule has 0 aliphatic carbocycles. The molecule has 0 aliphatic heterocycles. The van der Waals surface area contributed by atoms with Gasteiger partial charge in [0.2, 0.25) is 8.03 Å². The molecule has 1 N–H and O–H groups in total. The summed E-state index contributed by atoms with van der Waals surface area (Å²) in [6, 6.07) is 8.72. The standard InChI is InChI=1S/C9H11O4P.Fe/c10-9(11)6-7-14(12)13-8-4-2-1-3-5-8;/h1-5,14H,6-7H2,(H,10,11);.